The van der Waals surface area contributed by atoms with E-state index in [2.05, 4.69) is 20.4 Å². The first-order valence-electron chi connectivity index (χ1n) is 9.23. The van der Waals surface area contributed by atoms with Gasteiger partial charge in [0.25, 0.3) is 5.91 Å². The highest BCUT2D eigenvalue weighted by Crippen LogP contribution is 2.27. The van der Waals surface area contributed by atoms with Crippen LogP contribution in [0.2, 0.25) is 0 Å². The molecule has 0 fully saturated rings. The van der Waals surface area contributed by atoms with E-state index in [0.717, 1.165) is 17.8 Å². The van der Waals surface area contributed by atoms with Crippen molar-refractivity contribution in [3.63, 3.8) is 0 Å². The van der Waals surface area contributed by atoms with E-state index in [9.17, 15) is 18.0 Å². The van der Waals surface area contributed by atoms with Crippen LogP contribution >= 0.6 is 0 Å². The first-order valence-corrected chi connectivity index (χ1v) is 9.23. The molecule has 8 nitrogen and oxygen atoms in total. The molecule has 0 aromatic carbocycles. The van der Waals surface area contributed by atoms with Crippen molar-refractivity contribution in [2.45, 2.75) is 32.6 Å². The van der Waals surface area contributed by atoms with Gasteiger partial charge in [-0.05, 0) is 30.2 Å². The lowest BCUT2D eigenvalue weighted by atomic mass is 10.1. The second kappa shape index (κ2) is 8.93. The fourth-order valence-electron chi connectivity index (χ4n) is 3.05. The van der Waals surface area contributed by atoms with E-state index in [1.54, 1.807) is 0 Å². The summed E-state index contributed by atoms with van der Waals surface area (Å²) >= 11 is 0. The Hall–Kier alpha value is -3.78. The number of nitrogens with zero attached hydrogens (tertiary/aromatic N) is 5. The maximum Gasteiger partial charge on any atom is 0.433 e. The first kappa shape index (κ1) is 21.9. The van der Waals surface area contributed by atoms with Gasteiger partial charge in [-0.2, -0.15) is 23.5 Å². The van der Waals surface area contributed by atoms with Crippen molar-refractivity contribution in [1.29, 1.82) is 5.26 Å². The third-order valence-corrected chi connectivity index (χ3v) is 4.49. The predicted octanol–water partition coefficient (Wildman–Crippen LogP) is 2.50. The molecule has 11 heteroatoms. The van der Waals surface area contributed by atoms with Crippen molar-refractivity contribution in [1.82, 2.24) is 25.1 Å². The minimum Gasteiger partial charge on any atom is -0.364 e. The molecule has 0 spiro atoms. The van der Waals surface area contributed by atoms with Crippen molar-refractivity contribution in [2.75, 3.05) is 0 Å². The summed E-state index contributed by atoms with van der Waals surface area (Å²) in [4.78, 5) is 19.4. The van der Waals surface area contributed by atoms with Gasteiger partial charge in [0.1, 0.15) is 17.5 Å². The largest absolute Gasteiger partial charge is 0.433 e. The summed E-state index contributed by atoms with van der Waals surface area (Å²) < 4.78 is 40.0. The fraction of sp³-hybridized carbons (Fsp3) is 0.250. The molecule has 0 bridgehead atoms. The van der Waals surface area contributed by atoms with Crippen molar-refractivity contribution in [3.8, 4) is 11.8 Å². The topological polar surface area (TPSA) is 123 Å². The van der Waals surface area contributed by atoms with Gasteiger partial charge >= 0.3 is 6.18 Å². The van der Waals surface area contributed by atoms with Crippen LogP contribution < -0.4 is 11.1 Å². The smallest absolute Gasteiger partial charge is 0.364 e. The van der Waals surface area contributed by atoms with Gasteiger partial charge < -0.3 is 11.1 Å². The number of carbonyl (C=O) groups is 1. The number of amides is 1. The first-order chi connectivity index (χ1) is 14.7. The zero-order chi connectivity index (χ0) is 22.6. The van der Waals surface area contributed by atoms with Gasteiger partial charge in [-0.15, -0.1) is 0 Å². The van der Waals surface area contributed by atoms with Crippen molar-refractivity contribution in [3.05, 3.63) is 70.6 Å². The highest BCUT2D eigenvalue weighted by Gasteiger charge is 2.32. The zero-order valence-electron chi connectivity index (χ0n) is 16.4. The Morgan fingerprint density at radius 3 is 2.71 bits per heavy atom. The Balaban J connectivity index is 1.88. The fourth-order valence-corrected chi connectivity index (χ4v) is 3.05. The third kappa shape index (κ3) is 5.04. The van der Waals surface area contributed by atoms with E-state index in [1.165, 1.54) is 29.2 Å². The molecular formula is C20H18F3N7O. The Labute approximate surface area is 175 Å². The van der Waals surface area contributed by atoms with Crippen molar-refractivity contribution in [2.24, 2.45) is 5.73 Å². The van der Waals surface area contributed by atoms with E-state index in [4.69, 9.17) is 11.0 Å². The normalized spacial score (nSPS) is 11.3. The van der Waals surface area contributed by atoms with Gasteiger partial charge in [0.2, 0.25) is 0 Å². The molecule has 160 valence electrons. The van der Waals surface area contributed by atoms with Gasteiger partial charge in [0.05, 0.1) is 23.1 Å². The molecule has 0 unspecified atom stereocenters. The van der Waals surface area contributed by atoms with Crippen molar-refractivity contribution < 1.29 is 18.0 Å². The van der Waals surface area contributed by atoms with Gasteiger partial charge in [0, 0.05) is 31.0 Å². The number of primary amides is 1. The lowest BCUT2D eigenvalue weighted by Crippen LogP contribution is -2.21. The number of rotatable bonds is 7. The number of carbonyl (C=O) groups excluding carboxylic acids is 1. The zero-order valence-corrected chi connectivity index (χ0v) is 16.4. The van der Waals surface area contributed by atoms with Crippen LogP contribution in [0, 0.1) is 11.3 Å². The van der Waals surface area contributed by atoms with E-state index < -0.39 is 17.8 Å². The lowest BCUT2D eigenvalue weighted by molar-refractivity contribution is -0.141. The third-order valence-electron chi connectivity index (χ3n) is 4.49. The molecule has 3 aromatic heterocycles. The number of hydrogen-bond donors (Lipinski definition) is 2. The molecule has 0 atom stereocenters. The number of nitrogens with one attached hydrogen (secondary N) is 1. The number of pyridine rings is 2. The molecule has 0 saturated heterocycles. The van der Waals surface area contributed by atoms with Gasteiger partial charge in [-0.25, -0.2) is 9.67 Å². The van der Waals surface area contributed by atoms with Gasteiger partial charge in [0.15, 0.2) is 0 Å². The molecule has 3 heterocycles. The predicted molar refractivity (Wildman–Crippen MR) is 104 cm³/mol. The van der Waals surface area contributed by atoms with Crippen molar-refractivity contribution >= 4 is 5.91 Å². The van der Waals surface area contributed by atoms with Gasteiger partial charge in [-0.1, -0.05) is 6.92 Å². The van der Waals surface area contributed by atoms with Crippen LogP contribution in [0.15, 0.2) is 36.8 Å². The Bertz CT molecular complexity index is 1150. The average Bonchev–Trinajstić information content (AvgIpc) is 3.22. The summed E-state index contributed by atoms with van der Waals surface area (Å²) in [5.41, 5.74) is 7.02. The average molecular weight is 429 g/mol. The number of halogens is 3. The second-order valence-corrected chi connectivity index (χ2v) is 6.61. The monoisotopic (exact) mass is 429 g/mol. The molecule has 1 amide bonds. The Kier molecular flexibility index (Phi) is 6.31. The highest BCUT2D eigenvalue weighted by atomic mass is 19.4. The molecule has 0 radical (unpaired) electrons. The van der Waals surface area contributed by atoms with Crippen LogP contribution in [0.4, 0.5) is 13.2 Å². The molecule has 0 aliphatic rings. The van der Waals surface area contributed by atoms with Crippen LogP contribution in [0.25, 0.3) is 5.69 Å². The summed E-state index contributed by atoms with van der Waals surface area (Å²) in [6, 6.07) is 5.94. The van der Waals surface area contributed by atoms with E-state index >= 15 is 0 Å². The number of aromatic nitrogens is 4. The molecule has 0 aliphatic heterocycles. The molecular weight excluding hydrogens is 411 g/mol. The number of hydrogen-bond acceptors (Lipinski definition) is 6. The summed E-state index contributed by atoms with van der Waals surface area (Å²) in [5.74, 6) is -0.734. The van der Waals surface area contributed by atoms with E-state index in [1.807, 2.05) is 13.0 Å². The Morgan fingerprint density at radius 2 is 2.10 bits per heavy atom. The number of nitriles is 1. The molecule has 3 N–H and O–H groups in total. The minimum absolute atomic E-state index is 0.0151. The maximum absolute atomic E-state index is 12.8. The molecule has 0 saturated carbocycles. The summed E-state index contributed by atoms with van der Waals surface area (Å²) in [6.45, 7) is 2.20. The molecule has 3 aromatic rings. The van der Waals surface area contributed by atoms with Crippen LogP contribution in [0.3, 0.4) is 0 Å². The lowest BCUT2D eigenvalue weighted by Gasteiger charge is -2.15. The molecule has 0 aliphatic carbocycles. The van der Waals surface area contributed by atoms with E-state index in [-0.39, 0.29) is 18.8 Å². The SMILES string of the molecule is CCc1c(-n2cc(C#N)cn2)cc(C(N)=O)nc1CNCc1ccnc(C(F)(F)F)c1. The summed E-state index contributed by atoms with van der Waals surface area (Å²) in [6.07, 6.45) is 0.0265. The standard InChI is InChI=1S/C20H18F3N7O/c1-2-14-16(10-26-8-12-3-4-27-18(5-12)20(21,22)23)29-15(19(25)31)6-17(14)30-11-13(7-24)9-28-30/h3-6,9,11,26H,2,8,10H2,1H3,(H2,25,31). The maximum atomic E-state index is 12.8. The van der Waals surface area contributed by atoms with Crippen LogP contribution in [0.5, 0.6) is 0 Å². The molecule has 3 rings (SSSR count). The highest BCUT2D eigenvalue weighted by molar-refractivity contribution is 5.91. The molecule has 31 heavy (non-hydrogen) atoms. The Morgan fingerprint density at radius 1 is 1.32 bits per heavy atom. The van der Waals surface area contributed by atoms with Crippen LogP contribution in [-0.4, -0.2) is 25.7 Å². The van der Waals surface area contributed by atoms with Crippen LogP contribution in [-0.2, 0) is 25.7 Å². The quantitative estimate of drug-likeness (QED) is 0.595. The summed E-state index contributed by atoms with van der Waals surface area (Å²) in [7, 11) is 0. The van der Waals surface area contributed by atoms with E-state index in [0.29, 0.717) is 28.9 Å². The van der Waals surface area contributed by atoms with Gasteiger partial charge in [-0.3, -0.25) is 9.78 Å². The minimum atomic E-state index is -4.52. The number of alkyl halides is 3. The van der Waals surface area contributed by atoms with Crippen LogP contribution in [0.1, 0.15) is 45.5 Å². The number of nitrogens with two attached hydrogens (primary N) is 1. The second-order valence-electron chi connectivity index (χ2n) is 6.61. The summed E-state index contributed by atoms with van der Waals surface area (Å²) in [5, 5.41) is 16.2.